The number of anilines is 1. The number of benzene rings is 2. The third kappa shape index (κ3) is 2.80. The lowest BCUT2D eigenvalue weighted by Gasteiger charge is -2.05. The van der Waals surface area contributed by atoms with Crippen molar-refractivity contribution in [1.29, 1.82) is 0 Å². The number of nitrogens with zero attached hydrogens (tertiary/aromatic N) is 3. The fourth-order valence-corrected chi connectivity index (χ4v) is 2.00. The first-order chi connectivity index (χ1) is 9.31. The van der Waals surface area contributed by atoms with Gasteiger partial charge in [-0.25, -0.2) is 4.98 Å². The molecule has 0 amide bonds. The molecule has 5 heteroatoms. The van der Waals surface area contributed by atoms with E-state index in [1.54, 1.807) is 0 Å². The molecular formula is C14H11ClN4. The Labute approximate surface area is 115 Å². The molecule has 0 aliphatic rings. The molecule has 0 saturated carbocycles. The Kier molecular flexibility index (Phi) is 3.25. The molecule has 0 atom stereocenters. The number of halogens is 1. The minimum Gasteiger partial charge on any atom is -0.349 e. The molecule has 0 spiro atoms. The largest absolute Gasteiger partial charge is 0.349 e. The molecule has 3 aromatic rings. The summed E-state index contributed by atoms with van der Waals surface area (Å²) in [7, 11) is 0. The predicted octanol–water partition coefficient (Wildman–Crippen LogP) is 3.29. The average molecular weight is 271 g/mol. The van der Waals surface area contributed by atoms with Crippen LogP contribution in [0, 0.1) is 0 Å². The zero-order valence-corrected chi connectivity index (χ0v) is 10.8. The molecule has 1 aromatic heterocycles. The minimum atomic E-state index is 0.513. The van der Waals surface area contributed by atoms with Gasteiger partial charge < -0.3 is 5.32 Å². The Morgan fingerprint density at radius 1 is 0.947 bits per heavy atom. The van der Waals surface area contributed by atoms with Gasteiger partial charge in [-0.1, -0.05) is 35.9 Å². The molecule has 1 heterocycles. The van der Waals surface area contributed by atoms with E-state index in [2.05, 4.69) is 20.5 Å². The smallest absolute Gasteiger partial charge is 0.243 e. The van der Waals surface area contributed by atoms with E-state index in [4.69, 9.17) is 11.6 Å². The minimum absolute atomic E-state index is 0.513. The molecule has 0 saturated heterocycles. The highest BCUT2D eigenvalue weighted by Gasteiger charge is 2.01. The Morgan fingerprint density at radius 3 is 2.63 bits per heavy atom. The summed E-state index contributed by atoms with van der Waals surface area (Å²) in [5.41, 5.74) is 2.69. The first-order valence-electron chi connectivity index (χ1n) is 5.89. The maximum atomic E-state index is 5.93. The van der Waals surface area contributed by atoms with Crippen molar-refractivity contribution < 1.29 is 0 Å². The third-order valence-electron chi connectivity index (χ3n) is 2.70. The molecule has 4 nitrogen and oxygen atoms in total. The second-order valence-corrected chi connectivity index (χ2v) is 4.54. The van der Waals surface area contributed by atoms with Crippen LogP contribution in [0.2, 0.25) is 5.02 Å². The number of hydrogen-bond donors (Lipinski definition) is 1. The Balaban J connectivity index is 1.78. The fraction of sp³-hybridized carbons (Fsp3) is 0.0714. The van der Waals surface area contributed by atoms with E-state index in [1.165, 1.54) is 0 Å². The molecule has 3 rings (SSSR count). The zero-order chi connectivity index (χ0) is 13.1. The molecule has 94 valence electrons. The molecule has 0 aliphatic heterocycles. The topological polar surface area (TPSA) is 50.7 Å². The summed E-state index contributed by atoms with van der Waals surface area (Å²) < 4.78 is 0. The Morgan fingerprint density at radius 2 is 1.79 bits per heavy atom. The SMILES string of the molecule is Clc1cccc(CNc2nnc3ccccc3n2)c1. The van der Waals surface area contributed by atoms with Gasteiger partial charge in [0.05, 0.1) is 5.52 Å². The molecule has 0 unspecified atom stereocenters. The number of rotatable bonds is 3. The van der Waals surface area contributed by atoms with Crippen LogP contribution < -0.4 is 5.32 Å². The molecule has 0 aliphatic carbocycles. The van der Waals surface area contributed by atoms with Crippen molar-refractivity contribution in [3.8, 4) is 0 Å². The second kappa shape index (κ2) is 5.20. The van der Waals surface area contributed by atoms with Gasteiger partial charge in [0.1, 0.15) is 5.52 Å². The molecule has 0 fully saturated rings. The number of aromatic nitrogens is 3. The maximum absolute atomic E-state index is 5.93. The van der Waals surface area contributed by atoms with E-state index in [0.717, 1.165) is 21.6 Å². The van der Waals surface area contributed by atoms with Crippen LogP contribution in [0.1, 0.15) is 5.56 Å². The van der Waals surface area contributed by atoms with E-state index in [9.17, 15) is 0 Å². The molecule has 0 bridgehead atoms. The lowest BCUT2D eigenvalue weighted by atomic mass is 10.2. The van der Waals surface area contributed by atoms with Crippen molar-refractivity contribution in [2.75, 3.05) is 5.32 Å². The summed E-state index contributed by atoms with van der Waals surface area (Å²) >= 11 is 5.93. The fourth-order valence-electron chi connectivity index (χ4n) is 1.78. The van der Waals surface area contributed by atoms with Crippen molar-refractivity contribution in [2.24, 2.45) is 0 Å². The maximum Gasteiger partial charge on any atom is 0.243 e. The quantitative estimate of drug-likeness (QED) is 0.793. The Bertz CT molecular complexity index is 714. The molecule has 2 aromatic carbocycles. The molecule has 1 N–H and O–H groups in total. The normalized spacial score (nSPS) is 10.6. The van der Waals surface area contributed by atoms with Gasteiger partial charge >= 0.3 is 0 Å². The average Bonchev–Trinajstić information content (AvgIpc) is 2.45. The summed E-state index contributed by atoms with van der Waals surface area (Å²) in [6.45, 7) is 0.612. The van der Waals surface area contributed by atoms with E-state index >= 15 is 0 Å². The highest BCUT2D eigenvalue weighted by molar-refractivity contribution is 6.30. The molecular weight excluding hydrogens is 260 g/mol. The highest BCUT2D eigenvalue weighted by Crippen LogP contribution is 2.13. The van der Waals surface area contributed by atoms with Crippen LogP contribution in [-0.4, -0.2) is 15.2 Å². The van der Waals surface area contributed by atoms with Crippen molar-refractivity contribution in [3.63, 3.8) is 0 Å². The summed E-state index contributed by atoms with van der Waals surface area (Å²) in [5, 5.41) is 12.0. The van der Waals surface area contributed by atoms with Crippen LogP contribution in [0.25, 0.3) is 11.0 Å². The van der Waals surface area contributed by atoms with Crippen molar-refractivity contribution >= 4 is 28.6 Å². The van der Waals surface area contributed by atoms with Gasteiger partial charge in [0.2, 0.25) is 5.95 Å². The third-order valence-corrected chi connectivity index (χ3v) is 2.94. The van der Waals surface area contributed by atoms with Gasteiger partial charge in [-0.05, 0) is 29.8 Å². The van der Waals surface area contributed by atoms with Crippen LogP contribution >= 0.6 is 11.6 Å². The number of fused-ring (bicyclic) bond motifs is 1. The van der Waals surface area contributed by atoms with Gasteiger partial charge in [-0.2, -0.15) is 0 Å². The Hall–Kier alpha value is -2.20. The number of hydrogen-bond acceptors (Lipinski definition) is 4. The van der Waals surface area contributed by atoms with Gasteiger partial charge in [0.25, 0.3) is 0 Å². The zero-order valence-electron chi connectivity index (χ0n) is 10.0. The van der Waals surface area contributed by atoms with E-state index < -0.39 is 0 Å². The molecule has 0 radical (unpaired) electrons. The van der Waals surface area contributed by atoms with Gasteiger partial charge in [0, 0.05) is 11.6 Å². The standard InChI is InChI=1S/C14H11ClN4/c15-11-5-3-4-10(8-11)9-16-14-17-12-6-1-2-7-13(12)18-19-14/h1-8H,9H2,(H,16,17,19). The van der Waals surface area contributed by atoms with Crippen molar-refractivity contribution in [2.45, 2.75) is 6.54 Å². The van der Waals surface area contributed by atoms with E-state index in [0.29, 0.717) is 12.5 Å². The number of nitrogens with one attached hydrogen (secondary N) is 1. The van der Waals surface area contributed by atoms with Crippen LogP contribution in [0.4, 0.5) is 5.95 Å². The monoisotopic (exact) mass is 270 g/mol. The predicted molar refractivity (Wildman–Crippen MR) is 76.1 cm³/mol. The summed E-state index contributed by atoms with van der Waals surface area (Å²) in [6.07, 6.45) is 0. The summed E-state index contributed by atoms with van der Waals surface area (Å²) in [6, 6.07) is 15.3. The van der Waals surface area contributed by atoms with Gasteiger partial charge in [0.15, 0.2) is 0 Å². The van der Waals surface area contributed by atoms with Gasteiger partial charge in [-0.15, -0.1) is 10.2 Å². The van der Waals surface area contributed by atoms with Crippen LogP contribution in [0.5, 0.6) is 0 Å². The summed E-state index contributed by atoms with van der Waals surface area (Å²) in [5.74, 6) is 0.513. The van der Waals surface area contributed by atoms with Crippen LogP contribution in [0.15, 0.2) is 48.5 Å². The van der Waals surface area contributed by atoms with Gasteiger partial charge in [-0.3, -0.25) is 0 Å². The van der Waals surface area contributed by atoms with E-state index in [-0.39, 0.29) is 0 Å². The first-order valence-corrected chi connectivity index (χ1v) is 6.27. The van der Waals surface area contributed by atoms with Crippen molar-refractivity contribution in [1.82, 2.24) is 15.2 Å². The second-order valence-electron chi connectivity index (χ2n) is 4.11. The lowest BCUT2D eigenvalue weighted by molar-refractivity contribution is 0.984. The van der Waals surface area contributed by atoms with E-state index in [1.807, 2.05) is 48.5 Å². The first kappa shape index (κ1) is 11.9. The number of para-hydroxylation sites is 1. The lowest BCUT2D eigenvalue weighted by Crippen LogP contribution is -2.04. The summed E-state index contributed by atoms with van der Waals surface area (Å²) in [4.78, 5) is 4.40. The molecule has 19 heavy (non-hydrogen) atoms. The van der Waals surface area contributed by atoms with Crippen molar-refractivity contribution in [3.05, 3.63) is 59.1 Å². The highest BCUT2D eigenvalue weighted by atomic mass is 35.5. The van der Waals surface area contributed by atoms with Crippen LogP contribution in [-0.2, 0) is 6.54 Å². The van der Waals surface area contributed by atoms with Crippen LogP contribution in [0.3, 0.4) is 0 Å².